The number of aromatic nitrogens is 1. The first-order valence-electron chi connectivity index (χ1n) is 11.1. The molecule has 0 bridgehead atoms. The van der Waals surface area contributed by atoms with Crippen LogP contribution < -0.4 is 10.6 Å². The van der Waals surface area contributed by atoms with Gasteiger partial charge in [-0.3, -0.25) is 14.4 Å². The third-order valence-corrected chi connectivity index (χ3v) is 7.40. The minimum Gasteiger partial charge on any atom is -0.359 e. The summed E-state index contributed by atoms with van der Waals surface area (Å²) in [7, 11) is 1.57. The van der Waals surface area contributed by atoms with Gasteiger partial charge < -0.3 is 10.6 Å². The number of fused-ring (bicyclic) bond motifs is 1. The zero-order chi connectivity index (χ0) is 23.1. The summed E-state index contributed by atoms with van der Waals surface area (Å²) in [4.78, 5) is 41.9. The molecule has 2 atom stereocenters. The lowest BCUT2D eigenvalue weighted by molar-refractivity contribution is -0.131. The molecule has 172 valence electrons. The fourth-order valence-electron chi connectivity index (χ4n) is 4.31. The Kier molecular flexibility index (Phi) is 8.82. The van der Waals surface area contributed by atoms with Gasteiger partial charge in [-0.05, 0) is 49.5 Å². The van der Waals surface area contributed by atoms with Gasteiger partial charge in [-0.1, -0.05) is 31.0 Å². The summed E-state index contributed by atoms with van der Waals surface area (Å²) in [6.07, 6.45) is 7.13. The first-order valence-corrected chi connectivity index (χ1v) is 12.3. The number of carbonyl (C=O) groups excluding carboxylic acids is 3. The third-order valence-electron chi connectivity index (χ3n) is 6.12. The lowest BCUT2D eigenvalue weighted by atomic mass is 9.91. The molecule has 3 rings (SSSR count). The first-order chi connectivity index (χ1) is 15.4. The fraction of sp³-hybridized carbons (Fsp3) is 0.500. The highest BCUT2D eigenvalue weighted by molar-refractivity contribution is 7.18. The van der Waals surface area contributed by atoms with Crippen molar-refractivity contribution in [3.63, 3.8) is 0 Å². The van der Waals surface area contributed by atoms with E-state index in [0.717, 1.165) is 40.9 Å². The molecule has 6 nitrogen and oxygen atoms in total. The molecular weight excluding hydrogens is 446 g/mol. The average Bonchev–Trinajstić information content (AvgIpc) is 3.45. The van der Waals surface area contributed by atoms with Gasteiger partial charge in [-0.25, -0.2) is 4.98 Å². The normalized spacial score (nSPS) is 15.9. The predicted molar refractivity (Wildman–Crippen MR) is 129 cm³/mol. The van der Waals surface area contributed by atoms with E-state index in [9.17, 15) is 14.4 Å². The van der Waals surface area contributed by atoms with Crippen LogP contribution in [-0.4, -0.2) is 35.7 Å². The number of nitrogens with zero attached hydrogens (tertiary/aromatic N) is 1. The molecule has 1 saturated carbocycles. The maximum absolute atomic E-state index is 13.3. The Balaban J connectivity index is 1.75. The van der Waals surface area contributed by atoms with E-state index >= 15 is 0 Å². The van der Waals surface area contributed by atoms with Crippen molar-refractivity contribution in [1.29, 1.82) is 0 Å². The topological polar surface area (TPSA) is 88.2 Å². The highest BCUT2D eigenvalue weighted by Crippen LogP contribution is 2.31. The second-order valence-electron chi connectivity index (χ2n) is 8.37. The molecule has 32 heavy (non-hydrogen) atoms. The van der Waals surface area contributed by atoms with Crippen LogP contribution in [0.25, 0.3) is 10.2 Å². The zero-order valence-electron chi connectivity index (χ0n) is 18.4. The number of amides is 2. The van der Waals surface area contributed by atoms with Crippen molar-refractivity contribution in [3.8, 4) is 0 Å². The molecule has 0 saturated heterocycles. The summed E-state index contributed by atoms with van der Waals surface area (Å²) < 4.78 is 0.957. The number of hydrogen-bond acceptors (Lipinski definition) is 5. The summed E-state index contributed by atoms with van der Waals surface area (Å²) in [6.45, 7) is 3.54. The van der Waals surface area contributed by atoms with E-state index in [1.807, 2.05) is 12.1 Å². The lowest BCUT2D eigenvalue weighted by Gasteiger charge is -2.27. The molecule has 1 aromatic heterocycles. The van der Waals surface area contributed by atoms with Crippen molar-refractivity contribution in [1.82, 2.24) is 15.6 Å². The summed E-state index contributed by atoms with van der Waals surface area (Å²) in [5, 5.41) is 7.24. The van der Waals surface area contributed by atoms with Crippen molar-refractivity contribution in [2.45, 2.75) is 57.4 Å². The summed E-state index contributed by atoms with van der Waals surface area (Å²) >= 11 is 7.58. The van der Waals surface area contributed by atoms with E-state index < -0.39 is 5.92 Å². The number of carbonyl (C=O) groups is 3. The van der Waals surface area contributed by atoms with E-state index in [1.165, 1.54) is 17.4 Å². The van der Waals surface area contributed by atoms with E-state index in [2.05, 4.69) is 22.2 Å². The molecule has 2 aromatic rings. The van der Waals surface area contributed by atoms with Gasteiger partial charge >= 0.3 is 0 Å². The summed E-state index contributed by atoms with van der Waals surface area (Å²) in [5.41, 5.74) is 0.834. The lowest BCUT2D eigenvalue weighted by Crippen LogP contribution is -2.44. The molecule has 1 fully saturated rings. The number of allylic oxidation sites excluding steroid dienone is 1. The molecule has 1 heterocycles. The fourth-order valence-corrected chi connectivity index (χ4v) is 5.64. The number of benzene rings is 1. The number of nitrogens with one attached hydrogen (secondary N) is 2. The molecule has 1 aliphatic carbocycles. The van der Waals surface area contributed by atoms with Gasteiger partial charge in [0.15, 0.2) is 5.78 Å². The van der Waals surface area contributed by atoms with Crippen molar-refractivity contribution in [3.05, 3.63) is 40.9 Å². The van der Waals surface area contributed by atoms with Crippen molar-refractivity contribution >= 4 is 50.8 Å². The van der Waals surface area contributed by atoms with Gasteiger partial charge in [0.25, 0.3) is 0 Å². The predicted octanol–water partition coefficient (Wildman–Crippen LogP) is 4.45. The van der Waals surface area contributed by atoms with Gasteiger partial charge in [0.2, 0.25) is 11.8 Å². The Hall–Kier alpha value is -2.25. The molecule has 0 radical (unpaired) electrons. The minimum atomic E-state index is -0.537. The zero-order valence-corrected chi connectivity index (χ0v) is 19.9. The van der Waals surface area contributed by atoms with Gasteiger partial charge in [0.05, 0.1) is 21.1 Å². The van der Waals surface area contributed by atoms with E-state index in [0.29, 0.717) is 30.2 Å². The quantitative estimate of drug-likeness (QED) is 0.470. The monoisotopic (exact) mass is 475 g/mol. The molecule has 0 unspecified atom stereocenters. The highest BCUT2D eigenvalue weighted by Gasteiger charge is 2.30. The summed E-state index contributed by atoms with van der Waals surface area (Å²) in [6, 6.07) is 5.44. The number of ketones is 1. The van der Waals surface area contributed by atoms with Crippen LogP contribution in [0.4, 0.5) is 0 Å². The van der Waals surface area contributed by atoms with Crippen LogP contribution in [0.15, 0.2) is 30.9 Å². The number of hydrogen-bond donors (Lipinski definition) is 2. The smallest absolute Gasteiger partial charge is 0.224 e. The minimum absolute atomic E-state index is 0.0164. The molecule has 0 spiro atoms. The van der Waals surface area contributed by atoms with Crippen LogP contribution in [0.1, 0.15) is 50.0 Å². The SMILES string of the molecule is C=CC(=O)CC[C@@H](NC(=O)[C@@H](CC(=O)NC)Cc1nc2ccc(Cl)cc2s1)C1CCCC1. The van der Waals surface area contributed by atoms with Gasteiger partial charge in [-0.15, -0.1) is 11.3 Å². The van der Waals surface area contributed by atoms with Crippen LogP contribution in [0, 0.1) is 11.8 Å². The Morgan fingerprint density at radius 3 is 2.75 bits per heavy atom. The molecule has 8 heteroatoms. The first kappa shape index (κ1) is 24.4. The van der Waals surface area contributed by atoms with E-state index in [4.69, 9.17) is 11.6 Å². The van der Waals surface area contributed by atoms with Crippen molar-refractivity contribution in [2.75, 3.05) is 7.05 Å². The third kappa shape index (κ3) is 6.62. The Bertz CT molecular complexity index is 984. The van der Waals surface area contributed by atoms with Crippen LogP contribution in [-0.2, 0) is 20.8 Å². The molecule has 1 aliphatic rings. The Labute approximate surface area is 197 Å². The Morgan fingerprint density at radius 1 is 1.31 bits per heavy atom. The molecule has 2 amide bonds. The molecule has 1 aromatic carbocycles. The van der Waals surface area contributed by atoms with Crippen LogP contribution in [0.3, 0.4) is 0 Å². The Morgan fingerprint density at radius 2 is 2.06 bits per heavy atom. The van der Waals surface area contributed by atoms with Crippen LogP contribution in [0.2, 0.25) is 5.02 Å². The molecule has 0 aliphatic heterocycles. The number of rotatable bonds is 11. The van der Waals surface area contributed by atoms with Gasteiger partial charge in [0, 0.05) is 37.4 Å². The van der Waals surface area contributed by atoms with Crippen LogP contribution in [0.5, 0.6) is 0 Å². The van der Waals surface area contributed by atoms with E-state index in [-0.39, 0.29) is 30.1 Å². The molecule has 2 N–H and O–H groups in total. The number of thiazole rings is 1. The van der Waals surface area contributed by atoms with Gasteiger partial charge in [-0.2, -0.15) is 0 Å². The van der Waals surface area contributed by atoms with Gasteiger partial charge in [0.1, 0.15) is 0 Å². The van der Waals surface area contributed by atoms with E-state index in [1.54, 1.807) is 13.1 Å². The maximum atomic E-state index is 13.3. The second-order valence-corrected chi connectivity index (χ2v) is 9.92. The summed E-state index contributed by atoms with van der Waals surface area (Å²) in [5.74, 6) is -0.536. The maximum Gasteiger partial charge on any atom is 0.224 e. The van der Waals surface area contributed by atoms with Crippen LogP contribution >= 0.6 is 22.9 Å². The van der Waals surface area contributed by atoms with Crippen molar-refractivity contribution < 1.29 is 14.4 Å². The highest BCUT2D eigenvalue weighted by atomic mass is 35.5. The standard InChI is InChI=1S/C24H30ClN3O3S/c1-3-18(29)9-11-19(15-6-4-5-7-15)28-24(31)16(12-22(30)26-2)13-23-27-20-10-8-17(25)14-21(20)32-23/h3,8,10,14-16,19H,1,4-7,9,11-13H2,2H3,(H,26,30)(H,28,31)/t16-,19+/m0/s1. The molecular formula is C24H30ClN3O3S. The second kappa shape index (κ2) is 11.6. The average molecular weight is 476 g/mol. The number of halogens is 1. The van der Waals surface area contributed by atoms with Crippen molar-refractivity contribution in [2.24, 2.45) is 11.8 Å². The largest absolute Gasteiger partial charge is 0.359 e.